The zero-order valence-electron chi connectivity index (χ0n) is 11.7. The van der Waals surface area contributed by atoms with E-state index in [1.165, 1.54) is 16.9 Å². The molecular weight excluding hydrogens is 258 g/mol. The lowest BCUT2D eigenvalue weighted by atomic mass is 10.2. The molecule has 19 heavy (non-hydrogen) atoms. The molecule has 5 heteroatoms. The summed E-state index contributed by atoms with van der Waals surface area (Å²) < 4.78 is 6.71. The first kappa shape index (κ1) is 14.2. The van der Waals surface area contributed by atoms with Gasteiger partial charge in [0.2, 0.25) is 0 Å². The molecule has 0 bridgehead atoms. The number of likely N-dealkylation sites (N-methyl/N-ethyl adjacent to an activating group) is 1. The van der Waals surface area contributed by atoms with E-state index in [2.05, 4.69) is 42.9 Å². The Kier molecular flexibility index (Phi) is 4.74. The Morgan fingerprint density at radius 3 is 2.95 bits per heavy atom. The van der Waals surface area contributed by atoms with Crippen LogP contribution in [0.25, 0.3) is 10.2 Å². The molecule has 0 aliphatic heterocycles. The van der Waals surface area contributed by atoms with Gasteiger partial charge in [-0.15, -0.1) is 0 Å². The zero-order chi connectivity index (χ0) is 13.8. The number of thiazole rings is 1. The molecule has 0 saturated carbocycles. The van der Waals surface area contributed by atoms with Gasteiger partial charge >= 0.3 is 0 Å². The summed E-state index contributed by atoms with van der Waals surface area (Å²) in [6.45, 7) is 6.73. The summed E-state index contributed by atoms with van der Waals surface area (Å²) in [5.74, 6) is 0. The van der Waals surface area contributed by atoms with Crippen molar-refractivity contribution in [1.82, 2.24) is 9.88 Å². The molecule has 2 aromatic rings. The van der Waals surface area contributed by atoms with Crippen molar-refractivity contribution < 1.29 is 4.74 Å². The van der Waals surface area contributed by atoms with Gasteiger partial charge in [0.25, 0.3) is 0 Å². The molecule has 0 fully saturated rings. The highest BCUT2D eigenvalue weighted by Crippen LogP contribution is 2.24. The summed E-state index contributed by atoms with van der Waals surface area (Å²) in [4.78, 5) is 6.52. The summed E-state index contributed by atoms with van der Waals surface area (Å²) in [5, 5.41) is 0.630. The molecule has 1 aromatic carbocycles. The van der Waals surface area contributed by atoms with Gasteiger partial charge in [-0.2, -0.15) is 0 Å². The lowest BCUT2D eigenvalue weighted by Crippen LogP contribution is -2.23. The minimum atomic E-state index is 0.296. The van der Waals surface area contributed by atoms with Crippen molar-refractivity contribution in [3.05, 3.63) is 23.8 Å². The van der Waals surface area contributed by atoms with Crippen LogP contribution in [0.3, 0.4) is 0 Å². The van der Waals surface area contributed by atoms with E-state index < -0.39 is 0 Å². The van der Waals surface area contributed by atoms with Crippen LogP contribution < -0.4 is 5.73 Å². The van der Waals surface area contributed by atoms with E-state index in [-0.39, 0.29) is 0 Å². The largest absolute Gasteiger partial charge is 0.377 e. The van der Waals surface area contributed by atoms with Crippen LogP contribution in [0.5, 0.6) is 0 Å². The van der Waals surface area contributed by atoms with E-state index in [1.54, 1.807) is 0 Å². The maximum atomic E-state index is 5.72. The van der Waals surface area contributed by atoms with Gasteiger partial charge < -0.3 is 10.5 Å². The molecule has 0 radical (unpaired) electrons. The number of anilines is 1. The number of aromatic nitrogens is 1. The Balaban J connectivity index is 1.92. The van der Waals surface area contributed by atoms with Crippen molar-refractivity contribution >= 4 is 26.7 Å². The fraction of sp³-hybridized carbons (Fsp3) is 0.500. The number of nitrogen functional groups attached to an aromatic ring is 1. The van der Waals surface area contributed by atoms with Gasteiger partial charge in [-0.3, -0.25) is 4.90 Å². The molecule has 2 N–H and O–H groups in total. The second kappa shape index (κ2) is 6.32. The van der Waals surface area contributed by atoms with Gasteiger partial charge in [0, 0.05) is 13.1 Å². The van der Waals surface area contributed by atoms with Crippen LogP contribution in [0.15, 0.2) is 18.2 Å². The quantitative estimate of drug-likeness (QED) is 0.883. The highest BCUT2D eigenvalue weighted by Gasteiger charge is 2.05. The number of benzene rings is 1. The summed E-state index contributed by atoms with van der Waals surface area (Å²) in [6, 6.07) is 6.32. The molecule has 1 heterocycles. The van der Waals surface area contributed by atoms with Gasteiger partial charge in [-0.05, 0) is 38.6 Å². The number of ether oxygens (including phenoxy) is 1. The van der Waals surface area contributed by atoms with Crippen molar-refractivity contribution in [2.75, 3.05) is 25.9 Å². The van der Waals surface area contributed by atoms with Crippen LogP contribution in [-0.4, -0.2) is 36.2 Å². The normalized spacial score (nSPS) is 11.8. The van der Waals surface area contributed by atoms with E-state index in [1.807, 2.05) is 6.07 Å². The third-order valence-electron chi connectivity index (χ3n) is 2.85. The second-order valence-electron chi connectivity index (χ2n) is 5.01. The molecule has 4 nitrogen and oxygen atoms in total. The summed E-state index contributed by atoms with van der Waals surface area (Å²) >= 11 is 1.54. The van der Waals surface area contributed by atoms with Crippen LogP contribution in [0.1, 0.15) is 19.4 Å². The average Bonchev–Trinajstić information content (AvgIpc) is 2.67. The molecule has 0 aliphatic rings. The van der Waals surface area contributed by atoms with E-state index in [0.717, 1.165) is 29.9 Å². The number of fused-ring (bicyclic) bond motifs is 1. The summed E-state index contributed by atoms with van der Waals surface area (Å²) in [5.41, 5.74) is 7.98. The zero-order valence-corrected chi connectivity index (χ0v) is 12.5. The first-order chi connectivity index (χ1) is 9.04. The van der Waals surface area contributed by atoms with E-state index in [0.29, 0.717) is 11.2 Å². The Hall–Kier alpha value is -1.17. The van der Waals surface area contributed by atoms with Crippen molar-refractivity contribution in [2.24, 2.45) is 0 Å². The molecule has 0 spiro atoms. The standard InChI is InChI=1S/C14H21N3OS/c1-10(2)18-7-6-17(3)9-11-4-5-12-13(8-11)19-14(15)16-12/h4-5,8,10H,6-7,9H2,1-3H3,(H2,15,16). The molecule has 2 rings (SSSR count). The maximum Gasteiger partial charge on any atom is 0.181 e. The maximum absolute atomic E-state index is 5.72. The fourth-order valence-electron chi connectivity index (χ4n) is 1.92. The number of nitrogens with two attached hydrogens (primary N) is 1. The van der Waals surface area contributed by atoms with Crippen LogP contribution in [0, 0.1) is 0 Å². The first-order valence-corrected chi connectivity index (χ1v) is 7.31. The third-order valence-corrected chi connectivity index (χ3v) is 3.69. The average molecular weight is 279 g/mol. The van der Waals surface area contributed by atoms with Gasteiger partial charge in [0.1, 0.15) is 0 Å². The van der Waals surface area contributed by atoms with Crippen molar-refractivity contribution in [1.29, 1.82) is 0 Å². The molecule has 0 unspecified atom stereocenters. The Morgan fingerprint density at radius 2 is 2.21 bits per heavy atom. The Labute approximate surface area is 118 Å². The van der Waals surface area contributed by atoms with Gasteiger partial charge in [0.15, 0.2) is 5.13 Å². The molecule has 0 saturated heterocycles. The Morgan fingerprint density at radius 1 is 1.42 bits per heavy atom. The summed E-state index contributed by atoms with van der Waals surface area (Å²) in [7, 11) is 2.11. The second-order valence-corrected chi connectivity index (χ2v) is 6.07. The predicted molar refractivity (Wildman–Crippen MR) is 81.5 cm³/mol. The summed E-state index contributed by atoms with van der Waals surface area (Å²) in [6.07, 6.45) is 0.296. The van der Waals surface area contributed by atoms with Crippen LogP contribution in [0.4, 0.5) is 5.13 Å². The molecule has 0 aliphatic carbocycles. The van der Waals surface area contributed by atoms with Gasteiger partial charge in [-0.25, -0.2) is 4.98 Å². The topological polar surface area (TPSA) is 51.4 Å². The predicted octanol–water partition coefficient (Wildman–Crippen LogP) is 2.74. The van der Waals surface area contributed by atoms with E-state index in [4.69, 9.17) is 10.5 Å². The molecule has 0 atom stereocenters. The Bertz CT molecular complexity index is 538. The number of nitrogens with zero attached hydrogens (tertiary/aromatic N) is 2. The highest BCUT2D eigenvalue weighted by atomic mass is 32.1. The molecule has 1 aromatic heterocycles. The van der Waals surface area contributed by atoms with E-state index in [9.17, 15) is 0 Å². The van der Waals surface area contributed by atoms with Gasteiger partial charge in [-0.1, -0.05) is 17.4 Å². The SMILES string of the molecule is CC(C)OCCN(C)Cc1ccc2nc(N)sc2c1. The fourth-order valence-corrected chi connectivity index (χ4v) is 2.72. The van der Waals surface area contributed by atoms with Gasteiger partial charge in [0.05, 0.1) is 22.9 Å². The molecular formula is C14H21N3OS. The molecule has 0 amide bonds. The van der Waals surface area contributed by atoms with Crippen LogP contribution >= 0.6 is 11.3 Å². The minimum Gasteiger partial charge on any atom is -0.377 e. The molecule has 104 valence electrons. The minimum absolute atomic E-state index is 0.296. The number of hydrogen-bond acceptors (Lipinski definition) is 5. The third kappa shape index (κ3) is 4.16. The monoisotopic (exact) mass is 279 g/mol. The number of rotatable bonds is 6. The van der Waals surface area contributed by atoms with Crippen molar-refractivity contribution in [2.45, 2.75) is 26.5 Å². The number of hydrogen-bond donors (Lipinski definition) is 1. The first-order valence-electron chi connectivity index (χ1n) is 6.49. The van der Waals surface area contributed by atoms with Crippen LogP contribution in [0.2, 0.25) is 0 Å². The lowest BCUT2D eigenvalue weighted by molar-refractivity contribution is 0.0627. The van der Waals surface area contributed by atoms with Crippen LogP contribution in [-0.2, 0) is 11.3 Å². The lowest BCUT2D eigenvalue weighted by Gasteiger charge is -2.17. The highest BCUT2D eigenvalue weighted by molar-refractivity contribution is 7.22. The van der Waals surface area contributed by atoms with Crippen molar-refractivity contribution in [3.63, 3.8) is 0 Å². The smallest absolute Gasteiger partial charge is 0.181 e. The van der Waals surface area contributed by atoms with Crippen molar-refractivity contribution in [3.8, 4) is 0 Å². The van der Waals surface area contributed by atoms with E-state index >= 15 is 0 Å².